The first-order chi connectivity index (χ1) is 12.2. The van der Waals surface area contributed by atoms with E-state index in [1.807, 2.05) is 12.3 Å². The van der Waals surface area contributed by atoms with Gasteiger partial charge in [0.2, 0.25) is 0 Å². The summed E-state index contributed by atoms with van der Waals surface area (Å²) in [5.74, 6) is 1.85. The summed E-state index contributed by atoms with van der Waals surface area (Å²) >= 11 is 0. The molecule has 0 spiro atoms. The highest BCUT2D eigenvalue weighted by molar-refractivity contribution is 14.0. The summed E-state index contributed by atoms with van der Waals surface area (Å²) in [7, 11) is 0. The Bertz CT molecular complexity index is 571. The molecule has 146 valence electrons. The molecule has 1 saturated heterocycles. The highest BCUT2D eigenvalue weighted by atomic mass is 127. The number of likely N-dealkylation sites (tertiary alicyclic amines) is 1. The topological polar surface area (TPSA) is 52.6 Å². The number of pyridine rings is 1. The number of aliphatic imine (C=N–C) groups is 1. The van der Waals surface area contributed by atoms with Crippen molar-refractivity contribution >= 4 is 29.9 Å². The minimum absolute atomic E-state index is 0. The quantitative estimate of drug-likeness (QED) is 0.380. The number of halogens is 1. The van der Waals surface area contributed by atoms with Gasteiger partial charge in [-0.2, -0.15) is 0 Å². The lowest BCUT2D eigenvalue weighted by atomic mass is 10.1. The standard InChI is InChI=1S/C20H33N5.HI/c1-3-21-20(23-13-19-16(2)7-6-11-22-19)24-18-10-12-25(15-18)14-17-8-4-5-9-17;/h6-7,11,17-18H,3-5,8-10,12-15H2,1-2H3,(H2,21,23,24);1H. The van der Waals surface area contributed by atoms with Crippen LogP contribution in [0.2, 0.25) is 0 Å². The van der Waals surface area contributed by atoms with Crippen LogP contribution >= 0.6 is 24.0 Å². The lowest BCUT2D eigenvalue weighted by Crippen LogP contribution is -2.44. The molecule has 2 fully saturated rings. The van der Waals surface area contributed by atoms with Gasteiger partial charge in [0.1, 0.15) is 0 Å². The van der Waals surface area contributed by atoms with Crippen molar-refractivity contribution in [1.82, 2.24) is 20.5 Å². The van der Waals surface area contributed by atoms with E-state index in [1.54, 1.807) is 0 Å². The van der Waals surface area contributed by atoms with Gasteiger partial charge in [0, 0.05) is 38.4 Å². The molecule has 1 aliphatic heterocycles. The van der Waals surface area contributed by atoms with Crippen LogP contribution in [0.5, 0.6) is 0 Å². The van der Waals surface area contributed by atoms with Gasteiger partial charge in [0.15, 0.2) is 5.96 Å². The first-order valence-electron chi connectivity index (χ1n) is 9.92. The molecule has 26 heavy (non-hydrogen) atoms. The SMILES string of the molecule is CCNC(=NCc1ncccc1C)NC1CCN(CC2CCCC2)C1.I. The zero-order valence-electron chi connectivity index (χ0n) is 16.2. The fourth-order valence-corrected chi connectivity index (χ4v) is 4.03. The van der Waals surface area contributed by atoms with Crippen molar-refractivity contribution in [2.45, 2.75) is 58.5 Å². The summed E-state index contributed by atoms with van der Waals surface area (Å²) in [6.45, 7) is 9.36. The minimum atomic E-state index is 0. The second-order valence-electron chi connectivity index (χ2n) is 7.50. The summed E-state index contributed by atoms with van der Waals surface area (Å²) in [6.07, 6.45) is 8.79. The van der Waals surface area contributed by atoms with Crippen LogP contribution < -0.4 is 10.6 Å². The molecule has 2 heterocycles. The van der Waals surface area contributed by atoms with Crippen molar-refractivity contribution in [3.8, 4) is 0 Å². The summed E-state index contributed by atoms with van der Waals surface area (Å²) in [6, 6.07) is 4.57. The summed E-state index contributed by atoms with van der Waals surface area (Å²) in [5.41, 5.74) is 2.25. The number of nitrogens with one attached hydrogen (secondary N) is 2. The second-order valence-corrected chi connectivity index (χ2v) is 7.50. The Balaban J connectivity index is 0.00000243. The third kappa shape index (κ3) is 6.37. The lowest BCUT2D eigenvalue weighted by Gasteiger charge is -2.21. The molecule has 1 atom stereocenters. The first kappa shape index (κ1) is 21.4. The van der Waals surface area contributed by atoms with Crippen molar-refractivity contribution in [2.75, 3.05) is 26.2 Å². The number of aryl methyl sites for hydroxylation is 1. The monoisotopic (exact) mass is 471 g/mol. The average Bonchev–Trinajstić information content (AvgIpc) is 3.27. The molecule has 1 aliphatic carbocycles. The van der Waals surface area contributed by atoms with Crippen molar-refractivity contribution in [3.05, 3.63) is 29.6 Å². The van der Waals surface area contributed by atoms with Gasteiger partial charge in [-0.25, -0.2) is 4.99 Å². The zero-order chi connectivity index (χ0) is 17.5. The highest BCUT2D eigenvalue weighted by Crippen LogP contribution is 2.26. The fourth-order valence-electron chi connectivity index (χ4n) is 4.03. The van der Waals surface area contributed by atoms with Crippen LogP contribution in [0.25, 0.3) is 0 Å². The van der Waals surface area contributed by atoms with Crippen LogP contribution in [-0.4, -0.2) is 48.1 Å². The Hall–Kier alpha value is -0.890. The number of aromatic nitrogens is 1. The largest absolute Gasteiger partial charge is 0.357 e. The number of rotatable bonds is 6. The third-order valence-corrected chi connectivity index (χ3v) is 5.45. The maximum atomic E-state index is 4.75. The van der Waals surface area contributed by atoms with Crippen molar-refractivity contribution in [1.29, 1.82) is 0 Å². The molecule has 6 heteroatoms. The first-order valence-corrected chi connectivity index (χ1v) is 9.92. The average molecular weight is 471 g/mol. The Morgan fingerprint density at radius 2 is 2.12 bits per heavy atom. The van der Waals surface area contributed by atoms with E-state index >= 15 is 0 Å². The molecule has 2 aliphatic rings. The molecule has 0 radical (unpaired) electrons. The molecule has 2 N–H and O–H groups in total. The molecule has 0 amide bonds. The lowest BCUT2D eigenvalue weighted by molar-refractivity contribution is 0.275. The van der Waals surface area contributed by atoms with Crippen LogP contribution in [0.1, 0.15) is 50.3 Å². The predicted octanol–water partition coefficient (Wildman–Crippen LogP) is 3.33. The van der Waals surface area contributed by atoms with Crippen LogP contribution in [0, 0.1) is 12.8 Å². The van der Waals surface area contributed by atoms with E-state index < -0.39 is 0 Å². The number of hydrogen-bond acceptors (Lipinski definition) is 3. The maximum absolute atomic E-state index is 4.75. The normalized spacial score (nSPS) is 21.6. The summed E-state index contributed by atoms with van der Waals surface area (Å²) in [4.78, 5) is 11.8. The zero-order valence-corrected chi connectivity index (χ0v) is 18.5. The van der Waals surface area contributed by atoms with Gasteiger partial charge in [-0.3, -0.25) is 4.98 Å². The smallest absolute Gasteiger partial charge is 0.191 e. The number of guanidine groups is 1. The van der Waals surface area contributed by atoms with Crippen LogP contribution in [0.4, 0.5) is 0 Å². The molecule has 1 aromatic rings. The van der Waals surface area contributed by atoms with E-state index in [4.69, 9.17) is 4.99 Å². The van der Waals surface area contributed by atoms with Crippen LogP contribution in [-0.2, 0) is 6.54 Å². The molecular formula is C20H34IN5. The predicted molar refractivity (Wildman–Crippen MR) is 119 cm³/mol. The molecule has 1 unspecified atom stereocenters. The van der Waals surface area contributed by atoms with Crippen LogP contribution in [0.3, 0.4) is 0 Å². The van der Waals surface area contributed by atoms with Gasteiger partial charge >= 0.3 is 0 Å². The van der Waals surface area contributed by atoms with Gasteiger partial charge in [-0.05, 0) is 50.7 Å². The van der Waals surface area contributed by atoms with Gasteiger partial charge in [0.25, 0.3) is 0 Å². The van der Waals surface area contributed by atoms with E-state index in [0.717, 1.165) is 30.7 Å². The summed E-state index contributed by atoms with van der Waals surface area (Å²) < 4.78 is 0. The minimum Gasteiger partial charge on any atom is -0.357 e. The van der Waals surface area contributed by atoms with E-state index in [-0.39, 0.29) is 24.0 Å². The van der Waals surface area contributed by atoms with Crippen molar-refractivity contribution in [3.63, 3.8) is 0 Å². The molecule has 1 aromatic heterocycles. The van der Waals surface area contributed by atoms with Crippen molar-refractivity contribution < 1.29 is 0 Å². The Morgan fingerprint density at radius 3 is 2.85 bits per heavy atom. The molecule has 1 saturated carbocycles. The fraction of sp³-hybridized carbons (Fsp3) is 0.700. The van der Waals surface area contributed by atoms with E-state index in [2.05, 4.69) is 40.4 Å². The van der Waals surface area contributed by atoms with Gasteiger partial charge in [-0.15, -0.1) is 24.0 Å². The molecule has 0 bridgehead atoms. The molecular weight excluding hydrogens is 437 g/mol. The summed E-state index contributed by atoms with van der Waals surface area (Å²) in [5, 5.41) is 7.01. The molecule has 0 aromatic carbocycles. The van der Waals surface area contributed by atoms with E-state index in [9.17, 15) is 0 Å². The number of nitrogens with zero attached hydrogens (tertiary/aromatic N) is 3. The van der Waals surface area contributed by atoms with Crippen molar-refractivity contribution in [2.24, 2.45) is 10.9 Å². The Kier molecular flexibility index (Phi) is 9.11. The highest BCUT2D eigenvalue weighted by Gasteiger charge is 2.26. The Labute approximate surface area is 175 Å². The Morgan fingerprint density at radius 1 is 1.31 bits per heavy atom. The van der Waals surface area contributed by atoms with E-state index in [1.165, 1.54) is 50.8 Å². The van der Waals surface area contributed by atoms with Gasteiger partial charge in [0.05, 0.1) is 12.2 Å². The maximum Gasteiger partial charge on any atom is 0.191 e. The van der Waals surface area contributed by atoms with Gasteiger partial charge in [-0.1, -0.05) is 18.9 Å². The van der Waals surface area contributed by atoms with Gasteiger partial charge < -0.3 is 15.5 Å². The van der Waals surface area contributed by atoms with E-state index in [0.29, 0.717) is 12.6 Å². The number of hydrogen-bond donors (Lipinski definition) is 2. The molecule has 3 rings (SSSR count). The second kappa shape index (κ2) is 11.1. The van der Waals surface area contributed by atoms with Crippen LogP contribution in [0.15, 0.2) is 23.3 Å². The third-order valence-electron chi connectivity index (χ3n) is 5.45. The molecule has 5 nitrogen and oxygen atoms in total.